The van der Waals surface area contributed by atoms with E-state index in [0.717, 1.165) is 32.6 Å². The molecule has 1 aliphatic rings. The molecule has 1 aromatic rings. The summed E-state index contributed by atoms with van der Waals surface area (Å²) in [7, 11) is 0. The molecule has 0 bridgehead atoms. The molecule has 2 heteroatoms. The molecule has 0 aromatic heterocycles. The zero-order valence-corrected chi connectivity index (χ0v) is 11.6. The Bertz CT molecular complexity index is 405. The molecule has 1 atom stereocenters. The van der Waals surface area contributed by atoms with E-state index in [-0.39, 0.29) is 0 Å². The minimum Gasteiger partial charge on any atom is -0.314 e. The Hall–Kier alpha value is -1.12. The summed E-state index contributed by atoms with van der Waals surface area (Å²) in [6.07, 6.45) is 1.06. The normalized spacial score (nSPS) is 18.6. The fourth-order valence-electron chi connectivity index (χ4n) is 2.72. The maximum absolute atomic E-state index is 4.10. The Morgan fingerprint density at radius 1 is 1.33 bits per heavy atom. The van der Waals surface area contributed by atoms with E-state index < -0.39 is 0 Å². The monoisotopic (exact) mass is 244 g/mol. The van der Waals surface area contributed by atoms with E-state index >= 15 is 0 Å². The Morgan fingerprint density at radius 3 is 2.61 bits per heavy atom. The summed E-state index contributed by atoms with van der Waals surface area (Å²) < 4.78 is 0. The van der Waals surface area contributed by atoms with Crippen LogP contribution >= 0.6 is 0 Å². The maximum atomic E-state index is 4.10. The predicted octanol–water partition coefficient (Wildman–Crippen LogP) is 2.91. The fraction of sp³-hybridized carbons (Fsp3) is 0.500. The minimum atomic E-state index is 0.491. The quantitative estimate of drug-likeness (QED) is 0.819. The Morgan fingerprint density at radius 2 is 2.00 bits per heavy atom. The molecule has 0 spiro atoms. The van der Waals surface area contributed by atoms with E-state index in [9.17, 15) is 0 Å². The van der Waals surface area contributed by atoms with Crippen LogP contribution in [0.25, 0.3) is 0 Å². The Labute approximate surface area is 111 Å². The van der Waals surface area contributed by atoms with Gasteiger partial charge in [0.05, 0.1) is 0 Å². The lowest BCUT2D eigenvalue weighted by Gasteiger charge is -2.36. The van der Waals surface area contributed by atoms with Crippen molar-refractivity contribution in [3.05, 3.63) is 47.5 Å². The van der Waals surface area contributed by atoms with E-state index in [2.05, 4.69) is 54.9 Å². The highest BCUT2D eigenvalue weighted by atomic mass is 15.2. The molecule has 0 radical (unpaired) electrons. The van der Waals surface area contributed by atoms with Crippen molar-refractivity contribution in [2.24, 2.45) is 0 Å². The molecule has 1 heterocycles. The van der Waals surface area contributed by atoms with Crippen LogP contribution in [0.15, 0.2) is 36.4 Å². The average molecular weight is 244 g/mol. The van der Waals surface area contributed by atoms with Gasteiger partial charge in [-0.15, -0.1) is 6.58 Å². The number of benzene rings is 1. The van der Waals surface area contributed by atoms with Crippen molar-refractivity contribution in [2.75, 3.05) is 26.2 Å². The van der Waals surface area contributed by atoms with Gasteiger partial charge >= 0.3 is 0 Å². The molecular weight excluding hydrogens is 220 g/mol. The van der Waals surface area contributed by atoms with Gasteiger partial charge in [0.1, 0.15) is 0 Å². The first-order valence-corrected chi connectivity index (χ1v) is 6.83. The number of nitrogens with zero attached hydrogens (tertiary/aromatic N) is 1. The van der Waals surface area contributed by atoms with Crippen LogP contribution in [0, 0.1) is 6.92 Å². The van der Waals surface area contributed by atoms with Crippen LogP contribution in [-0.2, 0) is 0 Å². The van der Waals surface area contributed by atoms with Crippen LogP contribution in [0.1, 0.15) is 30.5 Å². The van der Waals surface area contributed by atoms with Crippen molar-refractivity contribution < 1.29 is 0 Å². The predicted molar refractivity (Wildman–Crippen MR) is 77.8 cm³/mol. The first-order valence-electron chi connectivity index (χ1n) is 6.83. The lowest BCUT2D eigenvalue weighted by atomic mass is 9.94. The van der Waals surface area contributed by atoms with Gasteiger partial charge in [0, 0.05) is 32.2 Å². The molecule has 0 unspecified atom stereocenters. The van der Waals surface area contributed by atoms with Gasteiger partial charge in [0.25, 0.3) is 0 Å². The average Bonchev–Trinajstić information content (AvgIpc) is 2.38. The second-order valence-corrected chi connectivity index (χ2v) is 5.32. The molecule has 1 N–H and O–H groups in total. The van der Waals surface area contributed by atoms with E-state index in [4.69, 9.17) is 0 Å². The van der Waals surface area contributed by atoms with Gasteiger partial charge in [-0.25, -0.2) is 0 Å². The highest BCUT2D eigenvalue weighted by Gasteiger charge is 2.22. The zero-order chi connectivity index (χ0) is 13.0. The van der Waals surface area contributed by atoms with Gasteiger partial charge in [-0.3, -0.25) is 4.90 Å². The summed E-state index contributed by atoms with van der Waals surface area (Å²) in [5.74, 6) is 0. The van der Waals surface area contributed by atoms with Crippen LogP contribution in [-0.4, -0.2) is 31.1 Å². The smallest absolute Gasteiger partial charge is 0.0388 e. The summed E-state index contributed by atoms with van der Waals surface area (Å²) in [5, 5.41) is 3.42. The molecule has 2 rings (SSSR count). The largest absolute Gasteiger partial charge is 0.314 e. The second-order valence-electron chi connectivity index (χ2n) is 5.32. The van der Waals surface area contributed by atoms with Crippen LogP contribution in [0.5, 0.6) is 0 Å². The lowest BCUT2D eigenvalue weighted by Crippen LogP contribution is -2.45. The molecule has 98 valence electrons. The summed E-state index contributed by atoms with van der Waals surface area (Å²) in [6, 6.07) is 9.24. The molecule has 0 amide bonds. The van der Waals surface area contributed by atoms with E-state index in [0.29, 0.717) is 6.04 Å². The summed E-state index contributed by atoms with van der Waals surface area (Å²) in [4.78, 5) is 2.59. The third-order valence-corrected chi connectivity index (χ3v) is 3.68. The van der Waals surface area contributed by atoms with Crippen LogP contribution in [0.3, 0.4) is 0 Å². The first-order chi connectivity index (χ1) is 8.68. The summed E-state index contributed by atoms with van der Waals surface area (Å²) in [6.45, 7) is 12.9. The number of hydrogen-bond donors (Lipinski definition) is 1. The van der Waals surface area contributed by atoms with Crippen molar-refractivity contribution in [3.63, 3.8) is 0 Å². The number of piperazine rings is 1. The SMILES string of the molecule is C=C(C)C[C@@H](c1ccccc1C)N1CCNCC1. The standard InChI is InChI=1S/C16H24N2/c1-13(2)12-16(18-10-8-17-9-11-18)15-7-5-4-6-14(15)3/h4-7,16-17H,1,8-12H2,2-3H3/t16-/m0/s1. The highest BCUT2D eigenvalue weighted by molar-refractivity contribution is 5.30. The van der Waals surface area contributed by atoms with Crippen LogP contribution in [0.2, 0.25) is 0 Å². The third kappa shape index (κ3) is 3.21. The Balaban J connectivity index is 2.24. The molecule has 0 saturated carbocycles. The molecule has 1 aliphatic heterocycles. The van der Waals surface area contributed by atoms with Crippen molar-refractivity contribution in [2.45, 2.75) is 26.3 Å². The molecule has 1 saturated heterocycles. The lowest BCUT2D eigenvalue weighted by molar-refractivity contribution is 0.172. The van der Waals surface area contributed by atoms with Gasteiger partial charge in [0.2, 0.25) is 0 Å². The molecule has 1 fully saturated rings. The number of nitrogens with one attached hydrogen (secondary N) is 1. The van der Waals surface area contributed by atoms with Gasteiger partial charge < -0.3 is 5.32 Å². The zero-order valence-electron chi connectivity index (χ0n) is 11.6. The van der Waals surface area contributed by atoms with Crippen molar-refractivity contribution in [1.82, 2.24) is 10.2 Å². The number of hydrogen-bond acceptors (Lipinski definition) is 2. The van der Waals surface area contributed by atoms with E-state index in [1.807, 2.05) is 0 Å². The summed E-state index contributed by atoms with van der Waals surface area (Å²) in [5.41, 5.74) is 4.12. The van der Waals surface area contributed by atoms with Gasteiger partial charge in [-0.05, 0) is 31.4 Å². The Kier molecular flexibility index (Phi) is 4.56. The molecule has 18 heavy (non-hydrogen) atoms. The first kappa shape index (κ1) is 13.3. The molecule has 2 nitrogen and oxygen atoms in total. The van der Waals surface area contributed by atoms with Gasteiger partial charge in [-0.1, -0.05) is 29.8 Å². The van der Waals surface area contributed by atoms with Crippen molar-refractivity contribution in [1.29, 1.82) is 0 Å². The van der Waals surface area contributed by atoms with E-state index in [1.54, 1.807) is 0 Å². The number of aryl methyl sites for hydroxylation is 1. The maximum Gasteiger partial charge on any atom is 0.0388 e. The van der Waals surface area contributed by atoms with Crippen molar-refractivity contribution >= 4 is 0 Å². The molecule has 0 aliphatic carbocycles. The van der Waals surface area contributed by atoms with Crippen LogP contribution in [0.4, 0.5) is 0 Å². The van der Waals surface area contributed by atoms with E-state index in [1.165, 1.54) is 16.7 Å². The number of rotatable bonds is 4. The highest BCUT2D eigenvalue weighted by Crippen LogP contribution is 2.29. The van der Waals surface area contributed by atoms with Gasteiger partial charge in [0.15, 0.2) is 0 Å². The summed E-state index contributed by atoms with van der Waals surface area (Å²) >= 11 is 0. The van der Waals surface area contributed by atoms with Crippen LogP contribution < -0.4 is 5.32 Å². The second kappa shape index (κ2) is 6.17. The molecular formula is C16H24N2. The van der Waals surface area contributed by atoms with Gasteiger partial charge in [-0.2, -0.15) is 0 Å². The fourth-order valence-corrected chi connectivity index (χ4v) is 2.72. The van der Waals surface area contributed by atoms with Crippen molar-refractivity contribution in [3.8, 4) is 0 Å². The topological polar surface area (TPSA) is 15.3 Å². The minimum absolute atomic E-state index is 0.491. The molecule has 1 aromatic carbocycles. The third-order valence-electron chi connectivity index (χ3n) is 3.68.